The number of hydrogen-bond donors (Lipinski definition) is 4. The normalized spacial score (nSPS) is 10.2. The van der Waals surface area contributed by atoms with Crippen LogP contribution >= 0.6 is 11.6 Å². The topological polar surface area (TPSA) is 110 Å². The van der Waals surface area contributed by atoms with Gasteiger partial charge in [-0.25, -0.2) is 9.59 Å². The number of carboxylic acids is 1. The Morgan fingerprint density at radius 1 is 1.20 bits per heavy atom. The van der Waals surface area contributed by atoms with Gasteiger partial charge in [-0.1, -0.05) is 11.6 Å². The van der Waals surface area contributed by atoms with Crippen molar-refractivity contribution in [3.63, 3.8) is 0 Å². The van der Waals surface area contributed by atoms with E-state index >= 15 is 0 Å². The molecule has 0 aliphatic carbocycles. The van der Waals surface area contributed by atoms with E-state index < -0.39 is 12.0 Å². The molecule has 2 amide bonds. The van der Waals surface area contributed by atoms with Crippen LogP contribution in [0.15, 0.2) is 18.2 Å². The van der Waals surface area contributed by atoms with E-state index in [1.807, 2.05) is 0 Å². The largest absolute Gasteiger partial charge is 0.478 e. The summed E-state index contributed by atoms with van der Waals surface area (Å²) in [4.78, 5) is 23.9. The number of carbonyl (C=O) groups is 2. The van der Waals surface area contributed by atoms with Gasteiger partial charge in [-0.15, -0.1) is 0 Å². The van der Waals surface area contributed by atoms with Crippen molar-refractivity contribution in [1.29, 1.82) is 0 Å². The second kappa shape index (κ2) is 7.68. The molecule has 20 heavy (non-hydrogen) atoms. The van der Waals surface area contributed by atoms with Gasteiger partial charge in [0.05, 0.1) is 23.8 Å². The first-order valence-corrected chi connectivity index (χ1v) is 6.18. The Kier molecular flexibility index (Phi) is 6.23. The third-order valence-electron chi connectivity index (χ3n) is 2.48. The molecule has 0 fully saturated rings. The Labute approximate surface area is 120 Å². The van der Waals surface area contributed by atoms with E-state index in [0.29, 0.717) is 5.69 Å². The van der Waals surface area contributed by atoms with Crippen LogP contribution in [0.25, 0.3) is 0 Å². The molecule has 0 aliphatic heterocycles. The number of hydrogen-bond acceptors (Lipinski definition) is 4. The van der Waals surface area contributed by atoms with Gasteiger partial charge in [-0.2, -0.15) is 0 Å². The molecule has 0 spiro atoms. The van der Waals surface area contributed by atoms with E-state index in [1.165, 1.54) is 23.1 Å². The van der Waals surface area contributed by atoms with Crippen molar-refractivity contribution >= 4 is 29.3 Å². The lowest BCUT2D eigenvalue weighted by atomic mass is 10.2. The highest BCUT2D eigenvalue weighted by Crippen LogP contribution is 2.21. The Morgan fingerprint density at radius 2 is 1.80 bits per heavy atom. The van der Waals surface area contributed by atoms with Crippen molar-refractivity contribution in [3.05, 3.63) is 28.8 Å². The quantitative estimate of drug-likeness (QED) is 0.623. The molecule has 7 nitrogen and oxygen atoms in total. The number of urea groups is 1. The van der Waals surface area contributed by atoms with Gasteiger partial charge in [-0.3, -0.25) is 0 Å². The first-order valence-electron chi connectivity index (χ1n) is 5.80. The number of nitrogens with zero attached hydrogens (tertiary/aromatic N) is 1. The van der Waals surface area contributed by atoms with Crippen LogP contribution in [0, 0.1) is 0 Å². The predicted octanol–water partition coefficient (Wildman–Crippen LogP) is 0.857. The van der Waals surface area contributed by atoms with Crippen molar-refractivity contribution in [2.24, 2.45) is 0 Å². The lowest BCUT2D eigenvalue weighted by molar-refractivity contribution is 0.0697. The van der Waals surface area contributed by atoms with Crippen LogP contribution < -0.4 is 5.32 Å². The van der Waals surface area contributed by atoms with E-state index in [0.717, 1.165) is 0 Å². The second-order valence-corrected chi connectivity index (χ2v) is 4.27. The minimum Gasteiger partial charge on any atom is -0.478 e. The number of benzene rings is 1. The van der Waals surface area contributed by atoms with E-state index in [9.17, 15) is 9.59 Å². The average molecular weight is 303 g/mol. The first-order chi connectivity index (χ1) is 9.49. The highest BCUT2D eigenvalue weighted by molar-refractivity contribution is 6.33. The van der Waals surface area contributed by atoms with Gasteiger partial charge in [0.25, 0.3) is 0 Å². The maximum absolute atomic E-state index is 11.9. The molecule has 4 N–H and O–H groups in total. The van der Waals surface area contributed by atoms with Gasteiger partial charge < -0.3 is 25.5 Å². The van der Waals surface area contributed by atoms with Gasteiger partial charge in [0.2, 0.25) is 0 Å². The predicted molar refractivity (Wildman–Crippen MR) is 73.2 cm³/mol. The fraction of sp³-hybridized carbons (Fsp3) is 0.333. The first kappa shape index (κ1) is 16.2. The zero-order valence-electron chi connectivity index (χ0n) is 10.5. The summed E-state index contributed by atoms with van der Waals surface area (Å²) < 4.78 is 0. The number of anilines is 1. The summed E-state index contributed by atoms with van der Waals surface area (Å²) in [6.45, 7) is -0.307. The number of carbonyl (C=O) groups excluding carboxylic acids is 1. The molecule has 0 aromatic heterocycles. The summed E-state index contributed by atoms with van der Waals surface area (Å²) in [6.07, 6.45) is 0. The molecule has 1 rings (SSSR count). The van der Waals surface area contributed by atoms with E-state index in [1.54, 1.807) is 0 Å². The lowest BCUT2D eigenvalue weighted by Gasteiger charge is -2.21. The molecule has 0 radical (unpaired) electrons. The number of carboxylic acid groups (broad SMARTS) is 1. The third-order valence-corrected chi connectivity index (χ3v) is 2.79. The molecular formula is C12H15ClN2O5. The molecule has 0 unspecified atom stereocenters. The molecule has 8 heteroatoms. The summed E-state index contributed by atoms with van der Waals surface area (Å²) in [5.74, 6) is -1.16. The zero-order chi connectivity index (χ0) is 15.1. The molecule has 1 aromatic rings. The Hall–Kier alpha value is -1.83. The van der Waals surface area contributed by atoms with E-state index in [-0.39, 0.29) is 36.9 Å². The standard InChI is InChI=1S/C12H15ClN2O5/c13-10-7-8(1-2-9(10)11(18)19)14-12(20)15(3-5-16)4-6-17/h1-2,7,16-17H,3-6H2,(H,14,20)(H,18,19). The monoisotopic (exact) mass is 302 g/mol. The third kappa shape index (κ3) is 4.37. The second-order valence-electron chi connectivity index (χ2n) is 3.86. The molecule has 0 saturated heterocycles. The van der Waals surface area contributed by atoms with Crippen molar-refractivity contribution in [3.8, 4) is 0 Å². The molecule has 0 aliphatic rings. The highest BCUT2D eigenvalue weighted by atomic mass is 35.5. The molecular weight excluding hydrogens is 288 g/mol. The van der Waals surface area contributed by atoms with Crippen LogP contribution in [0.3, 0.4) is 0 Å². The molecule has 0 atom stereocenters. The van der Waals surface area contributed by atoms with Crippen molar-refractivity contribution in [2.75, 3.05) is 31.6 Å². The number of nitrogens with one attached hydrogen (secondary N) is 1. The highest BCUT2D eigenvalue weighted by Gasteiger charge is 2.14. The fourth-order valence-electron chi connectivity index (χ4n) is 1.53. The van der Waals surface area contributed by atoms with Crippen LogP contribution in [0.1, 0.15) is 10.4 Å². The van der Waals surface area contributed by atoms with Crippen LogP contribution in [0.2, 0.25) is 5.02 Å². The van der Waals surface area contributed by atoms with Gasteiger partial charge >= 0.3 is 12.0 Å². The maximum Gasteiger partial charge on any atom is 0.337 e. The van der Waals surface area contributed by atoms with Gasteiger partial charge in [0.15, 0.2) is 0 Å². The number of aromatic carboxylic acids is 1. The van der Waals surface area contributed by atoms with Crippen molar-refractivity contribution in [1.82, 2.24) is 4.90 Å². The fourth-order valence-corrected chi connectivity index (χ4v) is 1.79. The lowest BCUT2D eigenvalue weighted by Crippen LogP contribution is -2.38. The Balaban J connectivity index is 2.79. The van der Waals surface area contributed by atoms with Crippen LogP contribution in [-0.2, 0) is 0 Å². The van der Waals surface area contributed by atoms with Gasteiger partial charge in [0.1, 0.15) is 0 Å². The van der Waals surface area contributed by atoms with Crippen molar-refractivity contribution in [2.45, 2.75) is 0 Å². The van der Waals surface area contributed by atoms with Crippen LogP contribution in [0.4, 0.5) is 10.5 Å². The molecule has 0 bridgehead atoms. The number of halogens is 1. The average Bonchev–Trinajstić information content (AvgIpc) is 2.38. The molecule has 1 aromatic carbocycles. The smallest absolute Gasteiger partial charge is 0.337 e. The minimum atomic E-state index is -1.16. The summed E-state index contributed by atoms with van der Waals surface area (Å²) in [5, 5.41) is 29.0. The summed E-state index contributed by atoms with van der Waals surface area (Å²) in [5.41, 5.74) is 0.262. The van der Waals surface area contributed by atoms with E-state index in [2.05, 4.69) is 5.32 Å². The van der Waals surface area contributed by atoms with Crippen molar-refractivity contribution < 1.29 is 24.9 Å². The van der Waals surface area contributed by atoms with Gasteiger partial charge in [0, 0.05) is 18.8 Å². The summed E-state index contributed by atoms with van der Waals surface area (Å²) in [7, 11) is 0. The Morgan fingerprint density at radius 3 is 2.25 bits per heavy atom. The number of rotatable bonds is 6. The number of aliphatic hydroxyl groups is 2. The molecule has 0 saturated carbocycles. The number of amides is 2. The summed E-state index contributed by atoms with van der Waals surface area (Å²) in [6, 6.07) is 3.48. The van der Waals surface area contributed by atoms with Crippen LogP contribution in [0.5, 0.6) is 0 Å². The van der Waals surface area contributed by atoms with E-state index in [4.69, 9.17) is 26.9 Å². The molecule has 110 valence electrons. The Bertz CT molecular complexity index is 489. The van der Waals surface area contributed by atoms with Crippen LogP contribution in [-0.4, -0.2) is 58.5 Å². The van der Waals surface area contributed by atoms with Gasteiger partial charge in [-0.05, 0) is 18.2 Å². The zero-order valence-corrected chi connectivity index (χ0v) is 11.3. The summed E-state index contributed by atoms with van der Waals surface area (Å²) >= 11 is 5.78. The minimum absolute atomic E-state index is 0.00571. The maximum atomic E-state index is 11.9. The number of aliphatic hydroxyl groups excluding tert-OH is 2. The molecule has 0 heterocycles. The SMILES string of the molecule is O=C(O)c1ccc(NC(=O)N(CCO)CCO)cc1Cl.